The lowest BCUT2D eigenvalue weighted by Crippen LogP contribution is -2.17. The summed E-state index contributed by atoms with van der Waals surface area (Å²) in [5.74, 6) is 3.58. The molecule has 21 heavy (non-hydrogen) atoms. The van der Waals surface area contributed by atoms with Gasteiger partial charge in [0.25, 0.3) is 0 Å². The Hall–Kier alpha value is -1.38. The van der Waals surface area contributed by atoms with Crippen molar-refractivity contribution in [2.24, 2.45) is 17.8 Å². The van der Waals surface area contributed by atoms with Crippen molar-refractivity contribution < 1.29 is 9.53 Å². The maximum atomic E-state index is 12.4. The van der Waals surface area contributed by atoms with Crippen molar-refractivity contribution in [3.8, 4) is 5.75 Å². The van der Waals surface area contributed by atoms with Crippen LogP contribution >= 0.6 is 0 Å². The van der Waals surface area contributed by atoms with Crippen LogP contribution in [0.25, 0.3) is 0 Å². The van der Waals surface area contributed by atoms with Crippen LogP contribution in [0.1, 0.15) is 48.9 Å². The first-order chi connectivity index (χ1) is 10.1. The average Bonchev–Trinajstić information content (AvgIpc) is 3.05. The van der Waals surface area contributed by atoms with E-state index in [1.807, 2.05) is 20.0 Å². The summed E-state index contributed by atoms with van der Waals surface area (Å²) in [5, 5.41) is 0. The second-order valence-corrected chi connectivity index (χ2v) is 6.90. The zero-order chi connectivity index (χ0) is 15.0. The molecule has 0 saturated heterocycles. The standard InChI is InChI=1S/C18H25NO2/c1-11-10-19-17(12(2)18(11)21-3)9-16(20)8-15-7-13-4-5-14(15)6-13/h10,13-15H,4-9H2,1-3H3. The number of rotatable bonds is 5. The van der Waals surface area contributed by atoms with Crippen molar-refractivity contribution in [1.29, 1.82) is 0 Å². The van der Waals surface area contributed by atoms with Gasteiger partial charge in [-0.3, -0.25) is 9.78 Å². The fourth-order valence-corrected chi connectivity index (χ4v) is 4.43. The van der Waals surface area contributed by atoms with Gasteiger partial charge in [0.2, 0.25) is 0 Å². The highest BCUT2D eigenvalue weighted by atomic mass is 16.5. The monoisotopic (exact) mass is 287 g/mol. The first kappa shape index (κ1) is 14.6. The Bertz CT molecular complexity index is 552. The van der Waals surface area contributed by atoms with Gasteiger partial charge in [0.1, 0.15) is 11.5 Å². The number of carbonyl (C=O) groups excluding carboxylic acids is 1. The molecule has 2 bridgehead atoms. The molecule has 1 heterocycles. The smallest absolute Gasteiger partial charge is 0.139 e. The van der Waals surface area contributed by atoms with Gasteiger partial charge in [0.15, 0.2) is 0 Å². The summed E-state index contributed by atoms with van der Waals surface area (Å²) >= 11 is 0. The largest absolute Gasteiger partial charge is 0.496 e. The molecule has 1 aromatic rings. The van der Waals surface area contributed by atoms with Crippen LogP contribution in [-0.4, -0.2) is 17.9 Å². The molecule has 2 aliphatic rings. The minimum absolute atomic E-state index is 0.342. The minimum Gasteiger partial charge on any atom is -0.496 e. The van der Waals surface area contributed by atoms with Gasteiger partial charge >= 0.3 is 0 Å². The van der Waals surface area contributed by atoms with Gasteiger partial charge in [0, 0.05) is 30.2 Å². The van der Waals surface area contributed by atoms with Crippen molar-refractivity contribution in [2.45, 2.75) is 52.4 Å². The first-order valence-corrected chi connectivity index (χ1v) is 8.09. The molecule has 0 spiro atoms. The summed E-state index contributed by atoms with van der Waals surface area (Å²) in [5.41, 5.74) is 2.92. The molecule has 114 valence electrons. The fourth-order valence-electron chi connectivity index (χ4n) is 4.43. The van der Waals surface area contributed by atoms with Crippen LogP contribution in [0.5, 0.6) is 5.75 Å². The van der Waals surface area contributed by atoms with E-state index in [-0.39, 0.29) is 0 Å². The van der Waals surface area contributed by atoms with Crippen molar-refractivity contribution >= 4 is 5.78 Å². The molecule has 3 nitrogen and oxygen atoms in total. The van der Waals surface area contributed by atoms with E-state index in [1.54, 1.807) is 7.11 Å². The molecule has 2 fully saturated rings. The van der Waals surface area contributed by atoms with E-state index in [0.717, 1.165) is 40.8 Å². The third kappa shape index (κ3) is 2.83. The SMILES string of the molecule is COc1c(C)cnc(CC(=O)CC2CC3CCC2C3)c1C. The topological polar surface area (TPSA) is 39.2 Å². The Balaban J connectivity index is 1.65. The van der Waals surface area contributed by atoms with Gasteiger partial charge in [-0.1, -0.05) is 6.42 Å². The molecule has 3 rings (SSSR count). The molecule has 2 saturated carbocycles. The van der Waals surface area contributed by atoms with E-state index in [9.17, 15) is 4.79 Å². The molecule has 3 heteroatoms. The minimum atomic E-state index is 0.342. The Labute approximate surface area is 127 Å². The Kier molecular flexibility index (Phi) is 4.01. The number of Topliss-reactive ketones (excluding diaryl/α,β-unsaturated/α-hetero) is 1. The van der Waals surface area contributed by atoms with Crippen LogP contribution in [0.3, 0.4) is 0 Å². The number of hydrogen-bond donors (Lipinski definition) is 0. The number of ketones is 1. The van der Waals surface area contributed by atoms with Gasteiger partial charge in [-0.15, -0.1) is 0 Å². The number of aryl methyl sites for hydroxylation is 1. The highest BCUT2D eigenvalue weighted by molar-refractivity contribution is 5.81. The molecular weight excluding hydrogens is 262 g/mol. The van der Waals surface area contributed by atoms with E-state index in [1.165, 1.54) is 25.7 Å². The van der Waals surface area contributed by atoms with E-state index >= 15 is 0 Å². The highest BCUT2D eigenvalue weighted by Crippen LogP contribution is 2.49. The Morgan fingerprint density at radius 2 is 2.14 bits per heavy atom. The van der Waals surface area contributed by atoms with Gasteiger partial charge in [-0.25, -0.2) is 0 Å². The second kappa shape index (κ2) is 5.78. The average molecular weight is 287 g/mol. The summed E-state index contributed by atoms with van der Waals surface area (Å²) in [6.45, 7) is 3.98. The lowest BCUT2D eigenvalue weighted by molar-refractivity contribution is -0.119. The van der Waals surface area contributed by atoms with Gasteiger partial charge in [-0.05, 0) is 50.9 Å². The summed E-state index contributed by atoms with van der Waals surface area (Å²) in [6.07, 6.45) is 8.40. The molecule has 3 unspecified atom stereocenters. The molecule has 2 aliphatic carbocycles. The third-order valence-corrected chi connectivity index (χ3v) is 5.49. The molecule has 3 atom stereocenters. The summed E-state index contributed by atoms with van der Waals surface area (Å²) in [7, 11) is 1.68. The molecule has 0 aromatic carbocycles. The molecule has 0 radical (unpaired) electrons. The van der Waals surface area contributed by atoms with Crippen LogP contribution in [0, 0.1) is 31.6 Å². The van der Waals surface area contributed by atoms with Crippen molar-refractivity contribution in [3.63, 3.8) is 0 Å². The number of fused-ring (bicyclic) bond motifs is 2. The zero-order valence-electron chi connectivity index (χ0n) is 13.3. The summed E-state index contributed by atoms with van der Waals surface area (Å²) in [4.78, 5) is 16.8. The molecule has 1 aromatic heterocycles. The van der Waals surface area contributed by atoms with Crippen molar-refractivity contribution in [3.05, 3.63) is 23.0 Å². The molecular formula is C18H25NO2. The van der Waals surface area contributed by atoms with Gasteiger partial charge in [0.05, 0.1) is 12.8 Å². The molecule has 0 aliphatic heterocycles. The predicted molar refractivity (Wildman–Crippen MR) is 82.5 cm³/mol. The highest BCUT2D eigenvalue weighted by Gasteiger charge is 2.40. The normalized spacial score (nSPS) is 27.1. The van der Waals surface area contributed by atoms with Crippen LogP contribution < -0.4 is 4.74 Å². The Morgan fingerprint density at radius 1 is 1.33 bits per heavy atom. The summed E-state index contributed by atoms with van der Waals surface area (Å²) in [6, 6.07) is 0. The lowest BCUT2D eigenvalue weighted by Gasteiger charge is -2.21. The molecule has 0 N–H and O–H groups in total. The summed E-state index contributed by atoms with van der Waals surface area (Å²) < 4.78 is 5.42. The van der Waals surface area contributed by atoms with E-state index in [2.05, 4.69) is 4.98 Å². The number of ether oxygens (including phenoxy) is 1. The van der Waals surface area contributed by atoms with Crippen LogP contribution in [0.15, 0.2) is 6.20 Å². The Morgan fingerprint density at radius 3 is 2.76 bits per heavy atom. The van der Waals surface area contributed by atoms with E-state index in [4.69, 9.17) is 4.74 Å². The maximum Gasteiger partial charge on any atom is 0.139 e. The number of aromatic nitrogens is 1. The van der Waals surface area contributed by atoms with E-state index in [0.29, 0.717) is 18.1 Å². The number of methoxy groups -OCH3 is 1. The van der Waals surface area contributed by atoms with Crippen LogP contribution in [-0.2, 0) is 11.2 Å². The van der Waals surface area contributed by atoms with Crippen molar-refractivity contribution in [1.82, 2.24) is 4.98 Å². The van der Waals surface area contributed by atoms with Gasteiger partial charge < -0.3 is 4.74 Å². The van der Waals surface area contributed by atoms with E-state index < -0.39 is 0 Å². The molecule has 0 amide bonds. The van der Waals surface area contributed by atoms with Crippen molar-refractivity contribution in [2.75, 3.05) is 7.11 Å². The number of pyridine rings is 1. The first-order valence-electron chi connectivity index (χ1n) is 8.09. The van der Waals surface area contributed by atoms with Gasteiger partial charge in [-0.2, -0.15) is 0 Å². The number of carbonyl (C=O) groups is 1. The predicted octanol–water partition coefficient (Wildman–Crippen LogP) is 3.64. The maximum absolute atomic E-state index is 12.4. The zero-order valence-corrected chi connectivity index (χ0v) is 13.3. The lowest BCUT2D eigenvalue weighted by atomic mass is 9.84. The number of hydrogen-bond acceptors (Lipinski definition) is 3. The quantitative estimate of drug-likeness (QED) is 0.830. The third-order valence-electron chi connectivity index (χ3n) is 5.49. The van der Waals surface area contributed by atoms with Crippen LogP contribution in [0.4, 0.5) is 0 Å². The fraction of sp³-hybridized carbons (Fsp3) is 0.667. The number of nitrogens with zero attached hydrogens (tertiary/aromatic N) is 1. The van der Waals surface area contributed by atoms with Crippen LogP contribution in [0.2, 0.25) is 0 Å². The second-order valence-electron chi connectivity index (χ2n) is 6.90.